The van der Waals surface area contributed by atoms with Gasteiger partial charge in [-0.25, -0.2) is 13.1 Å². The molecule has 3 aromatic heterocycles. The average molecular weight is 1240 g/mol. The minimum Gasteiger partial charge on any atom is -0.270 e. The van der Waals surface area contributed by atoms with Crippen LogP contribution in [0.4, 0.5) is 5.69 Å². The number of benzene rings is 8. The molecule has 6 heterocycles. The Morgan fingerprint density at radius 1 is 0.396 bits per heavy atom. The van der Waals surface area contributed by atoms with Crippen LogP contribution in [0.2, 0.25) is 0 Å². The van der Waals surface area contributed by atoms with Crippen molar-refractivity contribution in [1.82, 2.24) is 0 Å². The zero-order valence-corrected chi connectivity index (χ0v) is 53.7. The number of allylic oxidation sites excluding steroid dienone is 8. The molecule has 17 rings (SSSR count). The SMILES string of the molecule is C=[N+]1C=CC=C[C-]1c1ccccc1.C=[N+]1[CH-]c2ccccc2C=C1c1ccccc1.C=[N+]1c2ccccc2C=C[C-]1c1ccccc1.C=[n+]1ccc2c(c1-c1ccccc1)[CH-]C=CC=2.C=[n+]1cccc2ccc3c(c21)[CH-]C=CC=3.C=[n+]1ccccc1=C1C=C[CH-]c2ccccc21. The van der Waals surface area contributed by atoms with Gasteiger partial charge in [-0.15, -0.1) is 127 Å². The minimum atomic E-state index is 1.13. The molecule has 0 radical (unpaired) electrons. The van der Waals surface area contributed by atoms with Crippen LogP contribution in [-0.2, 0) is 0 Å². The normalized spacial score (nSPS) is 14.0. The van der Waals surface area contributed by atoms with Gasteiger partial charge in [-0.2, -0.15) is 4.24 Å². The third-order valence-electron chi connectivity index (χ3n) is 16.7. The highest BCUT2D eigenvalue weighted by Crippen LogP contribution is 2.33. The highest BCUT2D eigenvalue weighted by Gasteiger charge is 2.21. The Balaban J connectivity index is 0.000000110. The van der Waals surface area contributed by atoms with Crippen molar-refractivity contribution in [3.8, 4) is 11.3 Å². The molecule has 0 unspecified atom stereocenters. The molecule has 11 aromatic rings. The van der Waals surface area contributed by atoms with E-state index in [0.717, 1.165) is 34.5 Å². The predicted octanol–water partition coefficient (Wildman–Crippen LogP) is 15.2. The summed E-state index contributed by atoms with van der Waals surface area (Å²) in [6.07, 6.45) is 43.5. The van der Waals surface area contributed by atoms with Crippen molar-refractivity contribution in [3.05, 3.63) is 458 Å². The van der Waals surface area contributed by atoms with E-state index in [0.29, 0.717) is 0 Å². The van der Waals surface area contributed by atoms with Crippen LogP contribution in [0.5, 0.6) is 0 Å². The van der Waals surface area contributed by atoms with E-state index in [1.54, 1.807) is 0 Å². The Morgan fingerprint density at radius 3 is 1.72 bits per heavy atom. The lowest BCUT2D eigenvalue weighted by atomic mass is 9.92. The smallest absolute Gasteiger partial charge is 0.199 e. The van der Waals surface area contributed by atoms with E-state index in [1.165, 1.54) is 88.1 Å². The Labute approximate surface area is 564 Å². The molecule has 0 saturated carbocycles. The highest BCUT2D eigenvalue weighted by molar-refractivity contribution is 5.83. The number of hydrogen-bond donors (Lipinski definition) is 0. The van der Waals surface area contributed by atoms with Crippen molar-refractivity contribution >= 4 is 72.3 Å². The first kappa shape index (κ1) is 63.3. The summed E-state index contributed by atoms with van der Waals surface area (Å²) in [5.74, 6) is 0. The molecule has 3 aliphatic carbocycles. The fraction of sp³-hybridized carbons (Fsp3) is 0. The van der Waals surface area contributed by atoms with E-state index in [4.69, 9.17) is 0 Å². The van der Waals surface area contributed by atoms with Gasteiger partial charge >= 0.3 is 0 Å². The number of aromatic nitrogens is 3. The molecule has 0 atom stereocenters. The molecule has 0 fully saturated rings. The van der Waals surface area contributed by atoms with Crippen LogP contribution >= 0.6 is 0 Å². The Bertz CT molecular complexity index is 5290. The van der Waals surface area contributed by atoms with Crippen molar-refractivity contribution in [1.29, 1.82) is 0 Å². The summed E-state index contributed by atoms with van der Waals surface area (Å²) in [5, 5.41) is 4.86. The summed E-state index contributed by atoms with van der Waals surface area (Å²) in [6.45, 7) is 26.3. The standard InChI is InChI=1S/4C16H13N.C14H11N.C12H11N/c1-17-12-5-4-11-16(17)15-10-6-8-13-7-2-3-9-14(13)15;1-17-12-11-13-7-5-6-10-15(13)16(17)14-8-3-2-4-9-14;1-17-12-15-10-6-5-9-14(15)11-16(17)13-7-3-2-4-8-13;1-17-15-10-6-5-9-14(15)11-12-16(17)13-7-3-2-4-8-13;1-15-10-4-6-12-9-8-11-5-2-3-7-13(11)14(12)15;1-13-10-6-5-9-12(13)11-7-3-2-4-8-11/h4*2-12H,1H2;2-10H,1H2;2-10H,1H2. The molecule has 3 aliphatic heterocycles. The second kappa shape index (κ2) is 30.5. The van der Waals surface area contributed by atoms with Gasteiger partial charge in [0.2, 0.25) is 0 Å². The summed E-state index contributed by atoms with van der Waals surface area (Å²) in [6, 6.07) is 85.2. The van der Waals surface area contributed by atoms with Crippen LogP contribution in [0.25, 0.3) is 57.7 Å². The molecular formula is C90H74N6. The number of rotatable bonds is 4. The van der Waals surface area contributed by atoms with E-state index < -0.39 is 0 Å². The van der Waals surface area contributed by atoms with Gasteiger partial charge in [-0.1, -0.05) is 209 Å². The molecule has 0 amide bonds. The highest BCUT2D eigenvalue weighted by atomic mass is 15.0. The monoisotopic (exact) mass is 1240 g/mol. The lowest BCUT2D eigenvalue weighted by molar-refractivity contribution is -0.514. The lowest BCUT2D eigenvalue weighted by Crippen LogP contribution is -2.36. The zero-order chi connectivity index (χ0) is 66.0. The number of hydrogen-bond acceptors (Lipinski definition) is 0. The quantitative estimate of drug-likeness (QED) is 0.124. The van der Waals surface area contributed by atoms with Gasteiger partial charge in [0.1, 0.15) is 61.9 Å². The van der Waals surface area contributed by atoms with Crippen molar-refractivity contribution in [2.24, 2.45) is 0 Å². The molecular weight excluding hydrogens is 1170 g/mol. The summed E-state index contributed by atoms with van der Waals surface area (Å²) in [7, 11) is 0. The molecule has 0 N–H and O–H groups in total. The molecule has 464 valence electrons. The van der Waals surface area contributed by atoms with Crippen molar-refractivity contribution in [2.75, 3.05) is 0 Å². The van der Waals surface area contributed by atoms with Gasteiger partial charge < -0.3 is 0 Å². The zero-order valence-electron chi connectivity index (χ0n) is 53.7. The van der Waals surface area contributed by atoms with Gasteiger partial charge in [0.15, 0.2) is 29.6 Å². The molecule has 0 bridgehead atoms. The van der Waals surface area contributed by atoms with Gasteiger partial charge in [-0.05, 0) is 58.7 Å². The Kier molecular flexibility index (Phi) is 20.1. The number of fused-ring (bicyclic) bond motifs is 7. The fourth-order valence-corrected chi connectivity index (χ4v) is 12.0. The first-order chi connectivity index (χ1) is 47.2. The average Bonchev–Trinajstić information content (AvgIpc) is 0.876. The third kappa shape index (κ3) is 14.9. The van der Waals surface area contributed by atoms with Crippen molar-refractivity contribution in [2.45, 2.75) is 0 Å². The number of pyridine rings is 3. The Morgan fingerprint density at radius 2 is 1.00 bits per heavy atom. The summed E-state index contributed by atoms with van der Waals surface area (Å²) in [4.78, 5) is 0. The van der Waals surface area contributed by atoms with Crippen LogP contribution in [0.15, 0.2) is 328 Å². The molecule has 6 heteroatoms. The largest absolute Gasteiger partial charge is 0.270 e. The second-order valence-electron chi connectivity index (χ2n) is 23.0. The van der Waals surface area contributed by atoms with Crippen LogP contribution < -0.4 is 28.5 Å². The van der Waals surface area contributed by atoms with Crippen LogP contribution in [0.3, 0.4) is 0 Å². The minimum absolute atomic E-state index is 1.13. The van der Waals surface area contributed by atoms with Gasteiger partial charge in [0, 0.05) is 34.7 Å². The fourth-order valence-electron chi connectivity index (χ4n) is 12.0. The second-order valence-corrected chi connectivity index (χ2v) is 23.0. The molecule has 6 aliphatic rings. The van der Waals surface area contributed by atoms with Gasteiger partial charge in [0.05, 0.1) is 20.2 Å². The maximum atomic E-state index is 4.14. The summed E-state index contributed by atoms with van der Waals surface area (Å²) >= 11 is 0. The first-order valence-corrected chi connectivity index (χ1v) is 31.9. The summed E-state index contributed by atoms with van der Waals surface area (Å²) < 4.78 is 11.6. The third-order valence-corrected chi connectivity index (χ3v) is 16.7. The summed E-state index contributed by atoms with van der Waals surface area (Å²) in [5.41, 5.74) is 19.3. The maximum absolute atomic E-state index is 4.14. The predicted molar refractivity (Wildman–Crippen MR) is 397 cm³/mol. The van der Waals surface area contributed by atoms with E-state index >= 15 is 0 Å². The van der Waals surface area contributed by atoms with Crippen LogP contribution in [0.1, 0.15) is 55.6 Å². The number of nitrogens with zero attached hydrogens (tertiary/aromatic N) is 6. The maximum Gasteiger partial charge on any atom is 0.199 e. The topological polar surface area (TPSA) is 26.7 Å². The van der Waals surface area contributed by atoms with Crippen molar-refractivity contribution < 1.29 is 26.5 Å². The molecule has 8 aromatic carbocycles. The number of para-hydroxylation sites is 1. The molecule has 0 saturated heterocycles. The van der Waals surface area contributed by atoms with E-state index in [9.17, 15) is 0 Å². The van der Waals surface area contributed by atoms with E-state index in [1.807, 2.05) is 160 Å². The van der Waals surface area contributed by atoms with Crippen molar-refractivity contribution in [3.63, 3.8) is 0 Å². The van der Waals surface area contributed by atoms with E-state index in [2.05, 4.69) is 285 Å². The first-order valence-electron chi connectivity index (χ1n) is 31.9. The molecule has 6 nitrogen and oxygen atoms in total. The van der Waals surface area contributed by atoms with Gasteiger partial charge in [-0.3, -0.25) is 9.15 Å². The van der Waals surface area contributed by atoms with E-state index in [-0.39, 0.29) is 0 Å². The van der Waals surface area contributed by atoms with Crippen LogP contribution in [0, 0.1) is 58.0 Å². The molecule has 96 heavy (non-hydrogen) atoms. The van der Waals surface area contributed by atoms with Gasteiger partial charge in [0.25, 0.3) is 0 Å². The lowest BCUT2D eigenvalue weighted by Gasteiger charge is -2.21. The molecule has 0 spiro atoms. The van der Waals surface area contributed by atoms with Crippen LogP contribution in [-0.4, -0.2) is 33.9 Å². The Hall–Kier alpha value is -12.9.